The van der Waals surface area contributed by atoms with Gasteiger partial charge >= 0.3 is 0 Å². The fourth-order valence-electron chi connectivity index (χ4n) is 2.71. The summed E-state index contributed by atoms with van der Waals surface area (Å²) in [5.74, 6) is 1.82. The minimum Gasteiger partial charge on any atom is -0.381 e. The molecule has 1 aromatic carbocycles. The second-order valence-electron chi connectivity index (χ2n) is 5.38. The van der Waals surface area contributed by atoms with Crippen molar-refractivity contribution in [2.24, 2.45) is 5.92 Å². The van der Waals surface area contributed by atoms with Gasteiger partial charge in [0.05, 0.1) is 6.61 Å². The van der Waals surface area contributed by atoms with Crippen molar-refractivity contribution in [1.29, 1.82) is 0 Å². The molecule has 0 saturated carbocycles. The lowest BCUT2D eigenvalue weighted by atomic mass is 9.99. The Morgan fingerprint density at radius 2 is 2.19 bits per heavy atom. The van der Waals surface area contributed by atoms with E-state index >= 15 is 0 Å². The van der Waals surface area contributed by atoms with Crippen LogP contribution in [-0.4, -0.2) is 36.4 Å². The molecular weight excluding hydrogens is 266 g/mol. The first-order chi connectivity index (χ1) is 10.4. The Kier molecular flexibility index (Phi) is 4.50. The van der Waals surface area contributed by atoms with Crippen LogP contribution in [0.3, 0.4) is 0 Å². The van der Waals surface area contributed by atoms with Crippen LogP contribution in [-0.2, 0) is 4.74 Å². The number of rotatable bonds is 5. The van der Waals surface area contributed by atoms with Crippen molar-refractivity contribution in [3.63, 3.8) is 0 Å². The average molecular weight is 287 g/mol. The number of nitrogens with zero attached hydrogens (tertiary/aromatic N) is 3. The quantitative estimate of drug-likeness (QED) is 0.846. The van der Waals surface area contributed by atoms with Crippen LogP contribution in [0.5, 0.6) is 0 Å². The maximum absolute atomic E-state index is 5.54. The molecule has 5 heteroatoms. The Morgan fingerprint density at radius 1 is 1.33 bits per heavy atom. The van der Waals surface area contributed by atoms with Crippen molar-refractivity contribution >= 4 is 5.95 Å². The molecule has 112 valence electrons. The van der Waals surface area contributed by atoms with Crippen LogP contribution < -0.4 is 4.90 Å². The molecule has 5 nitrogen and oxygen atoms in total. The van der Waals surface area contributed by atoms with E-state index in [2.05, 4.69) is 15.0 Å². The number of ether oxygens (including phenoxy) is 1. The Hall–Kier alpha value is -1.88. The van der Waals surface area contributed by atoms with E-state index in [1.807, 2.05) is 37.3 Å². The first-order valence-electron chi connectivity index (χ1n) is 7.58. The highest BCUT2D eigenvalue weighted by atomic mass is 16.5. The zero-order valence-electron chi connectivity index (χ0n) is 12.4. The van der Waals surface area contributed by atoms with Gasteiger partial charge in [-0.1, -0.05) is 18.2 Å². The topological polar surface area (TPSA) is 51.4 Å². The van der Waals surface area contributed by atoms with E-state index in [9.17, 15) is 0 Å². The summed E-state index contributed by atoms with van der Waals surface area (Å²) in [7, 11) is 0. The smallest absolute Gasteiger partial charge is 0.266 e. The molecule has 1 atom stereocenters. The number of hydrogen-bond acceptors (Lipinski definition) is 5. The second kappa shape index (κ2) is 6.72. The van der Waals surface area contributed by atoms with Crippen molar-refractivity contribution in [1.82, 2.24) is 10.1 Å². The minimum absolute atomic E-state index is 0.553. The third-order valence-corrected chi connectivity index (χ3v) is 3.80. The fraction of sp³-hybridized carbons (Fsp3) is 0.500. The summed E-state index contributed by atoms with van der Waals surface area (Å²) >= 11 is 0. The molecule has 3 rings (SSSR count). The first-order valence-corrected chi connectivity index (χ1v) is 7.58. The molecule has 0 N–H and O–H groups in total. The molecule has 0 aliphatic carbocycles. The van der Waals surface area contributed by atoms with Crippen LogP contribution in [0.15, 0.2) is 34.9 Å². The summed E-state index contributed by atoms with van der Waals surface area (Å²) in [4.78, 5) is 6.72. The molecule has 2 aromatic rings. The summed E-state index contributed by atoms with van der Waals surface area (Å²) in [6, 6.07) is 9.87. The van der Waals surface area contributed by atoms with Gasteiger partial charge in [-0.2, -0.15) is 4.98 Å². The van der Waals surface area contributed by atoms with Crippen LogP contribution in [0.2, 0.25) is 0 Å². The highest BCUT2D eigenvalue weighted by Gasteiger charge is 2.23. The Morgan fingerprint density at radius 3 is 3.00 bits per heavy atom. The molecule has 0 radical (unpaired) electrons. The van der Waals surface area contributed by atoms with Crippen LogP contribution >= 0.6 is 0 Å². The van der Waals surface area contributed by atoms with Crippen molar-refractivity contribution in [2.45, 2.75) is 19.8 Å². The molecule has 0 spiro atoms. The normalized spacial score (nSPS) is 18.9. The molecule has 0 bridgehead atoms. The zero-order chi connectivity index (χ0) is 14.5. The van der Waals surface area contributed by atoms with Crippen molar-refractivity contribution in [3.05, 3.63) is 30.3 Å². The van der Waals surface area contributed by atoms with Crippen molar-refractivity contribution in [2.75, 3.05) is 31.2 Å². The van der Waals surface area contributed by atoms with Gasteiger partial charge in [0.25, 0.3) is 11.8 Å². The second-order valence-corrected chi connectivity index (χ2v) is 5.38. The molecule has 1 aliphatic rings. The van der Waals surface area contributed by atoms with Crippen LogP contribution in [0.1, 0.15) is 19.8 Å². The third kappa shape index (κ3) is 3.42. The predicted octanol–water partition coefficient (Wildman–Crippen LogP) is 2.99. The summed E-state index contributed by atoms with van der Waals surface area (Å²) in [5, 5.41) is 4.13. The van der Waals surface area contributed by atoms with E-state index < -0.39 is 0 Å². The molecule has 1 aromatic heterocycles. The van der Waals surface area contributed by atoms with Crippen LogP contribution in [0.25, 0.3) is 11.5 Å². The number of benzene rings is 1. The lowest BCUT2D eigenvalue weighted by Crippen LogP contribution is -2.37. The first kappa shape index (κ1) is 14.1. The maximum atomic E-state index is 5.54. The van der Waals surface area contributed by atoms with Crippen molar-refractivity contribution < 1.29 is 9.26 Å². The summed E-state index contributed by atoms with van der Waals surface area (Å²) < 4.78 is 10.9. The van der Waals surface area contributed by atoms with Gasteiger partial charge in [-0.15, -0.1) is 0 Å². The SMILES string of the molecule is CCOCC1CCCN(c2noc(-c3ccccc3)n2)C1. The molecule has 2 heterocycles. The van der Waals surface area contributed by atoms with E-state index in [1.54, 1.807) is 0 Å². The Bertz CT molecular complexity index is 556. The molecule has 1 unspecified atom stereocenters. The highest BCUT2D eigenvalue weighted by Crippen LogP contribution is 2.24. The van der Waals surface area contributed by atoms with Gasteiger partial charge in [-0.25, -0.2) is 0 Å². The minimum atomic E-state index is 0.553. The van der Waals surface area contributed by atoms with Gasteiger partial charge in [-0.05, 0) is 43.0 Å². The standard InChI is InChI=1S/C16H21N3O2/c1-2-20-12-13-7-6-10-19(11-13)16-17-15(21-18-16)14-8-4-3-5-9-14/h3-5,8-9,13H,2,6-7,10-12H2,1H3. The number of piperidine rings is 1. The molecule has 21 heavy (non-hydrogen) atoms. The van der Waals surface area contributed by atoms with E-state index in [4.69, 9.17) is 9.26 Å². The lowest BCUT2D eigenvalue weighted by Gasteiger charge is -2.31. The molecule has 1 aliphatic heterocycles. The Labute approximate surface area is 124 Å². The van der Waals surface area contributed by atoms with Crippen molar-refractivity contribution in [3.8, 4) is 11.5 Å². The van der Waals surface area contributed by atoms with Gasteiger partial charge in [0.1, 0.15) is 0 Å². The lowest BCUT2D eigenvalue weighted by molar-refractivity contribution is 0.104. The number of hydrogen-bond donors (Lipinski definition) is 0. The summed E-state index contributed by atoms with van der Waals surface area (Å²) in [6.07, 6.45) is 2.35. The van der Waals surface area contributed by atoms with Gasteiger partial charge in [-0.3, -0.25) is 0 Å². The summed E-state index contributed by atoms with van der Waals surface area (Å²) in [6.45, 7) is 5.54. The Balaban J connectivity index is 1.68. The number of aromatic nitrogens is 2. The predicted molar refractivity (Wildman–Crippen MR) is 81.2 cm³/mol. The average Bonchev–Trinajstić information content (AvgIpc) is 3.04. The summed E-state index contributed by atoms with van der Waals surface area (Å²) in [5.41, 5.74) is 0.958. The third-order valence-electron chi connectivity index (χ3n) is 3.80. The fourth-order valence-corrected chi connectivity index (χ4v) is 2.71. The molecule has 1 fully saturated rings. The van der Waals surface area contributed by atoms with E-state index in [0.29, 0.717) is 17.8 Å². The van der Waals surface area contributed by atoms with Gasteiger partial charge < -0.3 is 14.2 Å². The molecular formula is C16H21N3O2. The zero-order valence-corrected chi connectivity index (χ0v) is 12.4. The van der Waals surface area contributed by atoms with E-state index in [0.717, 1.165) is 38.3 Å². The van der Waals surface area contributed by atoms with Crippen LogP contribution in [0, 0.1) is 5.92 Å². The van der Waals surface area contributed by atoms with Gasteiger partial charge in [0.15, 0.2) is 0 Å². The van der Waals surface area contributed by atoms with E-state index in [-0.39, 0.29) is 0 Å². The highest BCUT2D eigenvalue weighted by molar-refractivity contribution is 5.54. The van der Waals surface area contributed by atoms with Crippen LogP contribution in [0.4, 0.5) is 5.95 Å². The largest absolute Gasteiger partial charge is 0.381 e. The maximum Gasteiger partial charge on any atom is 0.266 e. The van der Waals surface area contributed by atoms with E-state index in [1.165, 1.54) is 6.42 Å². The van der Waals surface area contributed by atoms with Gasteiger partial charge in [0.2, 0.25) is 0 Å². The monoisotopic (exact) mass is 287 g/mol. The molecule has 1 saturated heterocycles. The number of anilines is 1. The molecule has 0 amide bonds. The van der Waals surface area contributed by atoms with Gasteiger partial charge in [0, 0.05) is 25.3 Å².